The van der Waals surface area contributed by atoms with Crippen molar-refractivity contribution in [2.24, 2.45) is 0 Å². The number of ether oxygens (including phenoxy) is 1. The average Bonchev–Trinajstić information content (AvgIpc) is 2.69. The second kappa shape index (κ2) is 3.70. The standard InChI is InChI=1S/C8H7BrN2O2S/c1-2-13-8(12)5-3-14-7-6(9)10-4-11(5)7/h3-4H,2H2,1H3. The number of hydrogen-bond donors (Lipinski definition) is 0. The number of hydrogen-bond acceptors (Lipinski definition) is 4. The van der Waals surface area contributed by atoms with Gasteiger partial charge in [0.2, 0.25) is 0 Å². The predicted octanol–water partition coefficient (Wildman–Crippen LogP) is 2.33. The summed E-state index contributed by atoms with van der Waals surface area (Å²) in [6, 6.07) is 0. The Balaban J connectivity index is 2.47. The van der Waals surface area contributed by atoms with Gasteiger partial charge in [0.05, 0.1) is 6.61 Å². The topological polar surface area (TPSA) is 43.6 Å². The van der Waals surface area contributed by atoms with Gasteiger partial charge in [-0.3, -0.25) is 4.40 Å². The zero-order valence-corrected chi connectivity index (χ0v) is 9.76. The molecule has 2 aromatic heterocycles. The quantitative estimate of drug-likeness (QED) is 0.790. The van der Waals surface area contributed by atoms with Crippen molar-refractivity contribution in [1.29, 1.82) is 0 Å². The molecule has 0 atom stereocenters. The molecule has 0 aliphatic rings. The maximum absolute atomic E-state index is 11.4. The van der Waals surface area contributed by atoms with Gasteiger partial charge in [-0.1, -0.05) is 0 Å². The van der Waals surface area contributed by atoms with E-state index in [2.05, 4.69) is 20.9 Å². The summed E-state index contributed by atoms with van der Waals surface area (Å²) in [5.41, 5.74) is 0.519. The van der Waals surface area contributed by atoms with Crippen LogP contribution >= 0.6 is 27.3 Å². The molecule has 0 aromatic carbocycles. The summed E-state index contributed by atoms with van der Waals surface area (Å²) >= 11 is 4.75. The van der Waals surface area contributed by atoms with Gasteiger partial charge in [-0.15, -0.1) is 11.3 Å². The van der Waals surface area contributed by atoms with Crippen molar-refractivity contribution >= 4 is 38.1 Å². The van der Waals surface area contributed by atoms with Crippen LogP contribution in [0, 0.1) is 0 Å². The number of carbonyl (C=O) groups excluding carboxylic acids is 1. The lowest BCUT2D eigenvalue weighted by molar-refractivity contribution is 0.0518. The van der Waals surface area contributed by atoms with Gasteiger partial charge in [-0.05, 0) is 22.9 Å². The lowest BCUT2D eigenvalue weighted by Gasteiger charge is -1.98. The van der Waals surface area contributed by atoms with E-state index >= 15 is 0 Å². The third-order valence-electron chi connectivity index (χ3n) is 1.71. The Bertz CT molecular complexity index is 477. The molecule has 0 amide bonds. The molecule has 0 bridgehead atoms. The molecule has 0 aliphatic heterocycles. The normalized spacial score (nSPS) is 10.7. The van der Waals surface area contributed by atoms with E-state index in [0.29, 0.717) is 12.3 Å². The van der Waals surface area contributed by atoms with E-state index < -0.39 is 0 Å². The van der Waals surface area contributed by atoms with Gasteiger partial charge >= 0.3 is 5.97 Å². The molecular formula is C8H7BrN2O2S. The maximum atomic E-state index is 11.4. The highest BCUT2D eigenvalue weighted by Gasteiger charge is 2.14. The Morgan fingerprint density at radius 1 is 1.79 bits per heavy atom. The number of fused-ring (bicyclic) bond motifs is 1. The summed E-state index contributed by atoms with van der Waals surface area (Å²) in [5, 5.41) is 1.76. The van der Waals surface area contributed by atoms with Gasteiger partial charge in [-0.25, -0.2) is 9.78 Å². The number of imidazole rings is 1. The van der Waals surface area contributed by atoms with Gasteiger partial charge in [0.1, 0.15) is 21.5 Å². The Morgan fingerprint density at radius 2 is 2.57 bits per heavy atom. The smallest absolute Gasteiger partial charge is 0.356 e. The van der Waals surface area contributed by atoms with Crippen LogP contribution in [-0.2, 0) is 4.74 Å². The van der Waals surface area contributed by atoms with Crippen molar-refractivity contribution in [3.8, 4) is 0 Å². The highest BCUT2D eigenvalue weighted by molar-refractivity contribution is 9.10. The van der Waals surface area contributed by atoms with Crippen molar-refractivity contribution < 1.29 is 9.53 Å². The highest BCUT2D eigenvalue weighted by Crippen LogP contribution is 2.24. The first-order valence-corrected chi connectivity index (χ1v) is 5.68. The van der Waals surface area contributed by atoms with Crippen molar-refractivity contribution in [3.05, 3.63) is 22.0 Å². The monoisotopic (exact) mass is 274 g/mol. The summed E-state index contributed by atoms with van der Waals surface area (Å²) in [4.78, 5) is 16.4. The molecular weight excluding hydrogens is 268 g/mol. The predicted molar refractivity (Wildman–Crippen MR) is 56.7 cm³/mol. The third kappa shape index (κ3) is 1.44. The Kier molecular flexibility index (Phi) is 2.56. The fourth-order valence-electron chi connectivity index (χ4n) is 1.11. The van der Waals surface area contributed by atoms with Crippen LogP contribution in [0.1, 0.15) is 17.4 Å². The number of rotatable bonds is 2. The lowest BCUT2D eigenvalue weighted by atomic mass is 10.5. The van der Waals surface area contributed by atoms with E-state index in [9.17, 15) is 4.79 Å². The number of esters is 1. The number of nitrogens with zero attached hydrogens (tertiary/aromatic N) is 2. The van der Waals surface area contributed by atoms with Gasteiger partial charge < -0.3 is 4.74 Å². The van der Waals surface area contributed by atoms with Crippen LogP contribution in [0.4, 0.5) is 0 Å². The van der Waals surface area contributed by atoms with Crippen LogP contribution in [0.15, 0.2) is 16.3 Å². The second-order valence-corrected chi connectivity index (χ2v) is 4.16. The summed E-state index contributed by atoms with van der Waals surface area (Å²) in [7, 11) is 0. The molecule has 0 saturated carbocycles. The Hall–Kier alpha value is -0.880. The van der Waals surface area contributed by atoms with Gasteiger partial charge in [0, 0.05) is 5.38 Å². The van der Waals surface area contributed by atoms with E-state index in [0.717, 1.165) is 9.43 Å². The summed E-state index contributed by atoms with van der Waals surface area (Å²) in [6.07, 6.45) is 1.60. The minimum absolute atomic E-state index is 0.316. The summed E-state index contributed by atoms with van der Waals surface area (Å²) in [6.45, 7) is 2.16. The van der Waals surface area contributed by atoms with Gasteiger partial charge in [0.25, 0.3) is 0 Å². The molecule has 2 rings (SSSR count). The molecule has 2 heterocycles. The molecule has 6 heteroatoms. The van der Waals surface area contributed by atoms with Gasteiger partial charge in [0.15, 0.2) is 0 Å². The SMILES string of the molecule is CCOC(=O)c1csc2c(Br)ncn12. The van der Waals surface area contributed by atoms with Crippen molar-refractivity contribution in [1.82, 2.24) is 9.38 Å². The molecule has 0 N–H and O–H groups in total. The van der Waals surface area contributed by atoms with Crippen molar-refractivity contribution in [2.75, 3.05) is 6.61 Å². The summed E-state index contributed by atoms with van der Waals surface area (Å²) in [5.74, 6) is -0.316. The van der Waals surface area contributed by atoms with E-state index in [4.69, 9.17) is 4.74 Å². The minimum Gasteiger partial charge on any atom is -0.461 e. The molecule has 14 heavy (non-hydrogen) atoms. The third-order valence-corrected chi connectivity index (χ3v) is 3.51. The van der Waals surface area contributed by atoms with Crippen LogP contribution in [0.5, 0.6) is 0 Å². The fraction of sp³-hybridized carbons (Fsp3) is 0.250. The zero-order chi connectivity index (χ0) is 10.1. The Labute approximate surface area is 92.6 Å². The van der Waals surface area contributed by atoms with Gasteiger partial charge in [-0.2, -0.15) is 0 Å². The first kappa shape index (κ1) is 9.67. The number of thiazole rings is 1. The second-order valence-electron chi connectivity index (χ2n) is 2.55. The van der Waals surface area contributed by atoms with Crippen LogP contribution in [0.3, 0.4) is 0 Å². The molecule has 0 fully saturated rings. The summed E-state index contributed by atoms with van der Waals surface area (Å²) < 4.78 is 7.37. The van der Waals surface area contributed by atoms with Crippen LogP contribution in [0.25, 0.3) is 4.83 Å². The zero-order valence-electron chi connectivity index (χ0n) is 7.36. The van der Waals surface area contributed by atoms with E-state index in [1.54, 1.807) is 23.0 Å². The average molecular weight is 275 g/mol. The van der Waals surface area contributed by atoms with Crippen LogP contribution in [-0.4, -0.2) is 22.0 Å². The molecule has 2 aromatic rings. The maximum Gasteiger partial charge on any atom is 0.356 e. The van der Waals surface area contributed by atoms with Crippen LogP contribution in [0.2, 0.25) is 0 Å². The fourth-order valence-corrected chi connectivity index (χ4v) is 2.52. The molecule has 0 saturated heterocycles. The molecule has 0 unspecified atom stereocenters. The molecule has 0 spiro atoms. The largest absolute Gasteiger partial charge is 0.461 e. The first-order valence-electron chi connectivity index (χ1n) is 4.01. The number of carbonyl (C=O) groups is 1. The Morgan fingerprint density at radius 3 is 3.29 bits per heavy atom. The van der Waals surface area contributed by atoms with Crippen LogP contribution < -0.4 is 0 Å². The first-order chi connectivity index (χ1) is 6.74. The molecule has 74 valence electrons. The number of halogens is 1. The molecule has 0 radical (unpaired) electrons. The molecule has 0 aliphatic carbocycles. The van der Waals surface area contributed by atoms with E-state index in [1.165, 1.54) is 11.3 Å². The van der Waals surface area contributed by atoms with E-state index in [1.807, 2.05) is 0 Å². The van der Waals surface area contributed by atoms with E-state index in [-0.39, 0.29) is 5.97 Å². The van der Waals surface area contributed by atoms with Crippen molar-refractivity contribution in [2.45, 2.75) is 6.92 Å². The van der Waals surface area contributed by atoms with Crippen molar-refractivity contribution in [3.63, 3.8) is 0 Å². The highest BCUT2D eigenvalue weighted by atomic mass is 79.9. The molecule has 4 nitrogen and oxygen atoms in total. The lowest BCUT2D eigenvalue weighted by Crippen LogP contribution is -2.06. The number of aromatic nitrogens is 2. The minimum atomic E-state index is -0.316.